The Labute approximate surface area is 222 Å². The molecule has 5 nitrogen and oxygen atoms in total. The Bertz CT molecular complexity index is 1360. The van der Waals surface area contributed by atoms with E-state index >= 15 is 0 Å². The lowest BCUT2D eigenvalue weighted by molar-refractivity contribution is 0.0607. The van der Waals surface area contributed by atoms with Gasteiger partial charge in [0.05, 0.1) is 35.6 Å². The Kier molecular flexibility index (Phi) is 8.02. The fraction of sp³-hybridized carbons (Fsp3) is 0.231. The van der Waals surface area contributed by atoms with Crippen LogP contribution in [0.1, 0.15) is 28.4 Å². The molecule has 0 bridgehead atoms. The van der Waals surface area contributed by atoms with Gasteiger partial charge in [-0.3, -0.25) is 0 Å². The number of anilines is 2. The van der Waals surface area contributed by atoms with Crippen molar-refractivity contribution in [3.8, 4) is 27.4 Å². The highest BCUT2D eigenvalue weighted by atomic mass is 35.5. The lowest BCUT2D eigenvalue weighted by Gasteiger charge is -2.06. The first-order valence-corrected chi connectivity index (χ1v) is 13.3. The molecule has 0 fully saturated rings. The van der Waals surface area contributed by atoms with Crippen LogP contribution in [0.2, 0.25) is 10.0 Å². The standard InChI is InChI=1S/C26H24Cl2N2O3S2/c1-14(2)10-22-23(16-8-9-18(27)19(28)12-16)30-26(35-22)29-20-13-21(34-24(20)25(31)33-4)15-6-5-7-17(11-15)32-3/h5-9,11-14H,10H2,1-4H3,(H,29,30). The number of hydrogen-bond acceptors (Lipinski definition) is 7. The van der Waals surface area contributed by atoms with Gasteiger partial charge in [0.2, 0.25) is 0 Å². The van der Waals surface area contributed by atoms with Crippen molar-refractivity contribution in [2.24, 2.45) is 5.92 Å². The summed E-state index contributed by atoms with van der Waals surface area (Å²) < 4.78 is 10.4. The molecule has 0 aliphatic rings. The Morgan fingerprint density at radius 1 is 1.03 bits per heavy atom. The number of aromatic nitrogens is 1. The van der Waals surface area contributed by atoms with E-state index < -0.39 is 5.97 Å². The Hall–Kier alpha value is -2.58. The predicted octanol–water partition coefficient (Wildman–Crippen LogP) is 8.58. The summed E-state index contributed by atoms with van der Waals surface area (Å²) in [7, 11) is 3.01. The molecule has 0 spiro atoms. The molecule has 1 N–H and O–H groups in total. The molecule has 0 atom stereocenters. The molecule has 2 aromatic heterocycles. The first kappa shape index (κ1) is 25.5. The number of methoxy groups -OCH3 is 2. The second-order valence-corrected chi connectivity index (χ2v) is 11.2. The summed E-state index contributed by atoms with van der Waals surface area (Å²) in [6, 6.07) is 15.2. The molecule has 2 aromatic carbocycles. The number of thiophene rings is 1. The number of ether oxygens (including phenoxy) is 2. The largest absolute Gasteiger partial charge is 0.497 e. The van der Waals surface area contributed by atoms with Crippen LogP contribution in [0, 0.1) is 5.92 Å². The van der Waals surface area contributed by atoms with E-state index in [-0.39, 0.29) is 0 Å². The summed E-state index contributed by atoms with van der Waals surface area (Å²) in [6.07, 6.45) is 0.859. The second-order valence-electron chi connectivity index (χ2n) is 8.22. The maximum absolute atomic E-state index is 12.6. The molecule has 0 aliphatic heterocycles. The normalized spacial score (nSPS) is 11.1. The number of rotatable bonds is 8. The van der Waals surface area contributed by atoms with Crippen molar-refractivity contribution in [1.29, 1.82) is 0 Å². The molecule has 0 amide bonds. The molecule has 0 aliphatic carbocycles. The molecule has 2 heterocycles. The van der Waals surface area contributed by atoms with Gasteiger partial charge in [0.1, 0.15) is 10.6 Å². The van der Waals surface area contributed by atoms with E-state index in [1.54, 1.807) is 24.5 Å². The lowest BCUT2D eigenvalue weighted by atomic mass is 10.0. The molecule has 4 rings (SSSR count). The molecular formula is C26H24Cl2N2O3S2. The van der Waals surface area contributed by atoms with E-state index in [1.165, 1.54) is 18.4 Å². The van der Waals surface area contributed by atoms with Crippen molar-refractivity contribution in [2.75, 3.05) is 19.5 Å². The summed E-state index contributed by atoms with van der Waals surface area (Å²) in [5.74, 6) is 0.779. The van der Waals surface area contributed by atoms with Gasteiger partial charge in [-0.2, -0.15) is 0 Å². The fourth-order valence-corrected chi connectivity index (χ4v) is 6.08. The number of benzene rings is 2. The zero-order valence-electron chi connectivity index (χ0n) is 19.6. The van der Waals surface area contributed by atoms with E-state index in [9.17, 15) is 4.79 Å². The maximum Gasteiger partial charge on any atom is 0.350 e. The first-order chi connectivity index (χ1) is 16.8. The summed E-state index contributed by atoms with van der Waals surface area (Å²) in [4.78, 5) is 20.0. The van der Waals surface area contributed by atoms with Crippen molar-refractivity contribution in [3.63, 3.8) is 0 Å². The van der Waals surface area contributed by atoms with Crippen LogP contribution in [0.15, 0.2) is 48.5 Å². The van der Waals surface area contributed by atoms with Gasteiger partial charge in [0.25, 0.3) is 0 Å². The van der Waals surface area contributed by atoms with Crippen molar-refractivity contribution in [3.05, 3.63) is 68.3 Å². The van der Waals surface area contributed by atoms with E-state index in [1.807, 2.05) is 42.5 Å². The third-order valence-electron chi connectivity index (χ3n) is 5.18. The second kappa shape index (κ2) is 11.0. The number of nitrogens with zero attached hydrogens (tertiary/aromatic N) is 1. The minimum absolute atomic E-state index is 0.407. The number of nitrogens with one attached hydrogen (secondary N) is 1. The monoisotopic (exact) mass is 546 g/mol. The van der Waals surface area contributed by atoms with Gasteiger partial charge in [-0.25, -0.2) is 9.78 Å². The minimum Gasteiger partial charge on any atom is -0.497 e. The number of esters is 1. The van der Waals surface area contributed by atoms with Gasteiger partial charge >= 0.3 is 5.97 Å². The average Bonchev–Trinajstić information content (AvgIpc) is 3.44. The van der Waals surface area contributed by atoms with E-state index in [2.05, 4.69) is 19.2 Å². The van der Waals surface area contributed by atoms with Crippen LogP contribution in [-0.4, -0.2) is 25.2 Å². The number of thiazole rings is 1. The molecule has 0 saturated heterocycles. The van der Waals surface area contributed by atoms with Gasteiger partial charge in [0, 0.05) is 15.3 Å². The van der Waals surface area contributed by atoms with Crippen molar-refractivity contribution in [1.82, 2.24) is 4.98 Å². The fourth-order valence-electron chi connectivity index (χ4n) is 3.55. The van der Waals surface area contributed by atoms with Crippen LogP contribution in [0.5, 0.6) is 5.75 Å². The Morgan fingerprint density at radius 2 is 1.83 bits per heavy atom. The number of hydrogen-bond donors (Lipinski definition) is 1. The van der Waals surface area contributed by atoms with E-state index in [4.69, 9.17) is 37.7 Å². The Morgan fingerprint density at radius 3 is 2.51 bits per heavy atom. The number of carbonyl (C=O) groups excluding carboxylic acids is 1. The van der Waals surface area contributed by atoms with Crippen molar-refractivity contribution >= 4 is 62.7 Å². The molecule has 182 valence electrons. The number of carbonyl (C=O) groups is 1. The third-order valence-corrected chi connectivity index (χ3v) is 8.08. The lowest BCUT2D eigenvalue weighted by Crippen LogP contribution is -2.01. The van der Waals surface area contributed by atoms with E-state index in [0.29, 0.717) is 31.7 Å². The molecule has 35 heavy (non-hydrogen) atoms. The van der Waals surface area contributed by atoms with Crippen LogP contribution in [0.3, 0.4) is 0 Å². The summed E-state index contributed by atoms with van der Waals surface area (Å²) in [6.45, 7) is 4.33. The smallest absolute Gasteiger partial charge is 0.350 e. The van der Waals surface area contributed by atoms with Crippen LogP contribution < -0.4 is 10.1 Å². The predicted molar refractivity (Wildman–Crippen MR) is 147 cm³/mol. The summed E-state index contributed by atoms with van der Waals surface area (Å²) >= 11 is 15.3. The molecule has 0 saturated carbocycles. The zero-order valence-corrected chi connectivity index (χ0v) is 22.8. The van der Waals surface area contributed by atoms with Gasteiger partial charge < -0.3 is 14.8 Å². The molecule has 4 aromatic rings. The SMILES string of the molecule is COC(=O)c1sc(-c2cccc(OC)c2)cc1Nc1nc(-c2ccc(Cl)c(Cl)c2)c(CC(C)C)s1. The van der Waals surface area contributed by atoms with Crippen LogP contribution in [-0.2, 0) is 11.2 Å². The quantitative estimate of drug-likeness (QED) is 0.224. The van der Waals surface area contributed by atoms with Gasteiger partial charge in [-0.05, 0) is 48.2 Å². The van der Waals surface area contributed by atoms with Crippen LogP contribution in [0.4, 0.5) is 10.8 Å². The van der Waals surface area contributed by atoms with Gasteiger partial charge in [-0.1, -0.05) is 55.2 Å². The van der Waals surface area contributed by atoms with Gasteiger partial charge in [-0.15, -0.1) is 22.7 Å². The van der Waals surface area contributed by atoms with Crippen molar-refractivity contribution < 1.29 is 14.3 Å². The Balaban J connectivity index is 1.74. The van der Waals surface area contributed by atoms with Crippen molar-refractivity contribution in [2.45, 2.75) is 20.3 Å². The summed E-state index contributed by atoms with van der Waals surface area (Å²) in [5.41, 5.74) is 3.34. The van der Waals surface area contributed by atoms with Gasteiger partial charge in [0.15, 0.2) is 5.13 Å². The third kappa shape index (κ3) is 5.81. The van der Waals surface area contributed by atoms with Crippen LogP contribution >= 0.6 is 45.9 Å². The highest BCUT2D eigenvalue weighted by Crippen LogP contribution is 2.41. The number of halogens is 2. The first-order valence-electron chi connectivity index (χ1n) is 10.9. The molecule has 0 unspecified atom stereocenters. The van der Waals surface area contributed by atoms with E-state index in [0.717, 1.165) is 38.7 Å². The highest BCUT2D eigenvalue weighted by molar-refractivity contribution is 7.18. The zero-order chi connectivity index (χ0) is 25.1. The topological polar surface area (TPSA) is 60.5 Å². The minimum atomic E-state index is -0.407. The average molecular weight is 548 g/mol. The molecule has 0 radical (unpaired) electrons. The maximum atomic E-state index is 12.6. The van der Waals surface area contributed by atoms with Crippen LogP contribution in [0.25, 0.3) is 21.7 Å². The summed E-state index contributed by atoms with van der Waals surface area (Å²) in [5, 5.41) is 5.03. The molecule has 9 heteroatoms. The molecular weight excluding hydrogens is 523 g/mol. The highest BCUT2D eigenvalue weighted by Gasteiger charge is 2.21.